The number of aromatic amines is 1. The van der Waals surface area contributed by atoms with Crippen molar-refractivity contribution in [3.8, 4) is 11.1 Å². The average Bonchev–Trinajstić information content (AvgIpc) is 3.47. The lowest BCUT2D eigenvalue weighted by Gasteiger charge is -2.24. The first-order chi connectivity index (χ1) is 14.8. The third-order valence-electron chi connectivity index (χ3n) is 5.66. The Balaban J connectivity index is 1.58. The van der Waals surface area contributed by atoms with E-state index in [9.17, 15) is 9.90 Å². The molecule has 6 nitrogen and oxygen atoms in total. The minimum atomic E-state index is -0.559. The first kappa shape index (κ1) is 22.1. The van der Waals surface area contributed by atoms with Gasteiger partial charge in [-0.2, -0.15) is 0 Å². The third-order valence-corrected chi connectivity index (χ3v) is 6.53. The minimum absolute atomic E-state index is 0.0921. The second-order valence-corrected chi connectivity index (χ2v) is 9.72. The largest absolute Gasteiger partial charge is 0.389 e. The molecule has 0 saturated heterocycles. The number of aliphatic hydroxyl groups is 1. The third kappa shape index (κ3) is 5.23. The summed E-state index contributed by atoms with van der Waals surface area (Å²) in [5.41, 5.74) is 4.24. The number of ether oxygens (including phenoxy) is 1. The molecule has 1 aliphatic rings. The summed E-state index contributed by atoms with van der Waals surface area (Å²) in [6.07, 6.45) is 1.76. The van der Waals surface area contributed by atoms with Crippen LogP contribution in [0, 0.1) is 13.8 Å². The van der Waals surface area contributed by atoms with Crippen molar-refractivity contribution in [3.63, 3.8) is 0 Å². The van der Waals surface area contributed by atoms with Gasteiger partial charge in [-0.05, 0) is 51.7 Å². The van der Waals surface area contributed by atoms with Gasteiger partial charge < -0.3 is 14.8 Å². The van der Waals surface area contributed by atoms with Crippen LogP contribution in [0.4, 0.5) is 0 Å². The Morgan fingerprint density at radius 2 is 2.06 bits per heavy atom. The Morgan fingerprint density at radius 3 is 2.77 bits per heavy atom. The zero-order chi connectivity index (χ0) is 22.1. The Kier molecular flexibility index (Phi) is 6.57. The highest BCUT2D eigenvalue weighted by molar-refractivity contribution is 7.17. The maximum atomic E-state index is 13.0. The molecule has 166 valence electrons. The van der Waals surface area contributed by atoms with E-state index in [4.69, 9.17) is 9.72 Å². The van der Waals surface area contributed by atoms with Crippen molar-refractivity contribution in [1.82, 2.24) is 14.9 Å². The van der Waals surface area contributed by atoms with Gasteiger partial charge in [0, 0.05) is 23.5 Å². The summed E-state index contributed by atoms with van der Waals surface area (Å²) in [6, 6.07) is 6.73. The second-order valence-electron chi connectivity index (χ2n) is 8.86. The molecule has 0 spiro atoms. The smallest absolute Gasteiger partial charge is 0.260 e. The average molecular weight is 442 g/mol. The fourth-order valence-corrected chi connectivity index (χ4v) is 4.85. The van der Waals surface area contributed by atoms with Gasteiger partial charge in [-0.15, -0.1) is 11.3 Å². The standard InChI is InChI=1S/C24H31N3O3S/c1-14(2)30-12-18(28)10-27(17-7-8-17)11-21-25-23(29)22-20(13-31-24(22)26-21)19-9-15(3)5-6-16(19)4/h5-6,9,13-14,17-18,28H,7-8,10-12H2,1-4H3,(H,25,26,29)/t18-/m0/s1. The number of hydrogen-bond acceptors (Lipinski definition) is 6. The molecule has 1 saturated carbocycles. The molecule has 0 bridgehead atoms. The summed E-state index contributed by atoms with van der Waals surface area (Å²) in [5, 5.41) is 13.1. The Bertz CT molecular complexity index is 1120. The topological polar surface area (TPSA) is 78.5 Å². The summed E-state index contributed by atoms with van der Waals surface area (Å²) in [7, 11) is 0. The van der Waals surface area contributed by atoms with Crippen LogP contribution >= 0.6 is 11.3 Å². The van der Waals surface area contributed by atoms with Crippen molar-refractivity contribution in [2.75, 3.05) is 13.2 Å². The lowest BCUT2D eigenvalue weighted by molar-refractivity contribution is -0.0110. The fraction of sp³-hybridized carbons (Fsp3) is 0.500. The van der Waals surface area contributed by atoms with Gasteiger partial charge >= 0.3 is 0 Å². The predicted octanol–water partition coefficient (Wildman–Crippen LogP) is 4.02. The molecular weight excluding hydrogens is 410 g/mol. The molecular formula is C24H31N3O3S. The molecule has 0 radical (unpaired) electrons. The normalized spacial score (nSPS) is 15.3. The van der Waals surface area contributed by atoms with Crippen molar-refractivity contribution in [2.45, 2.75) is 65.3 Å². The number of nitrogens with zero attached hydrogens (tertiary/aromatic N) is 2. The van der Waals surface area contributed by atoms with Crippen LogP contribution in [0.2, 0.25) is 0 Å². The highest BCUT2D eigenvalue weighted by Gasteiger charge is 2.31. The van der Waals surface area contributed by atoms with Crippen molar-refractivity contribution >= 4 is 21.6 Å². The van der Waals surface area contributed by atoms with E-state index in [0.717, 1.165) is 34.4 Å². The van der Waals surface area contributed by atoms with E-state index < -0.39 is 6.10 Å². The number of aryl methyl sites for hydroxylation is 2. The number of thiophene rings is 1. The molecule has 1 aromatic carbocycles. The number of H-pyrrole nitrogens is 1. The Morgan fingerprint density at radius 1 is 1.29 bits per heavy atom. The molecule has 0 unspecified atom stereocenters. The molecule has 2 aromatic heterocycles. The van der Waals surface area contributed by atoms with Crippen LogP contribution in [0.1, 0.15) is 43.6 Å². The zero-order valence-corrected chi connectivity index (χ0v) is 19.5. The summed E-state index contributed by atoms with van der Waals surface area (Å²) < 4.78 is 5.55. The van der Waals surface area contributed by atoms with Crippen LogP contribution in [0.3, 0.4) is 0 Å². The van der Waals surface area contributed by atoms with Crippen LogP contribution in [-0.2, 0) is 11.3 Å². The lowest BCUT2D eigenvalue weighted by Crippen LogP contribution is -2.37. The Labute approximate surface area is 186 Å². The van der Waals surface area contributed by atoms with Crippen molar-refractivity contribution in [2.24, 2.45) is 0 Å². The second kappa shape index (κ2) is 9.20. The van der Waals surface area contributed by atoms with E-state index in [1.165, 1.54) is 16.9 Å². The maximum Gasteiger partial charge on any atom is 0.260 e. The summed E-state index contributed by atoms with van der Waals surface area (Å²) in [4.78, 5) is 23.8. The first-order valence-corrected chi connectivity index (χ1v) is 11.8. The van der Waals surface area contributed by atoms with E-state index >= 15 is 0 Å². The molecule has 0 amide bonds. The number of benzene rings is 1. The van der Waals surface area contributed by atoms with Gasteiger partial charge in [0.15, 0.2) is 0 Å². The number of aromatic nitrogens is 2. The molecule has 2 N–H and O–H groups in total. The van der Waals surface area contributed by atoms with E-state index in [2.05, 4.69) is 41.9 Å². The molecule has 3 aromatic rings. The monoisotopic (exact) mass is 441 g/mol. The van der Waals surface area contributed by atoms with Gasteiger partial charge in [-0.25, -0.2) is 4.98 Å². The van der Waals surface area contributed by atoms with Gasteiger partial charge in [-0.3, -0.25) is 9.69 Å². The number of nitrogens with one attached hydrogen (secondary N) is 1. The van der Waals surface area contributed by atoms with Gasteiger partial charge in [0.1, 0.15) is 10.7 Å². The highest BCUT2D eigenvalue weighted by Crippen LogP contribution is 2.34. The highest BCUT2D eigenvalue weighted by atomic mass is 32.1. The van der Waals surface area contributed by atoms with Crippen LogP contribution < -0.4 is 5.56 Å². The van der Waals surface area contributed by atoms with Gasteiger partial charge in [0.2, 0.25) is 0 Å². The number of rotatable bonds is 9. The number of aliphatic hydroxyl groups excluding tert-OH is 1. The molecule has 2 heterocycles. The van der Waals surface area contributed by atoms with Crippen molar-refractivity contribution in [1.29, 1.82) is 0 Å². The van der Waals surface area contributed by atoms with Crippen molar-refractivity contribution < 1.29 is 9.84 Å². The molecule has 1 atom stereocenters. The first-order valence-electron chi connectivity index (χ1n) is 10.9. The molecule has 4 rings (SSSR count). The van der Waals surface area contributed by atoms with Crippen LogP contribution in [0.25, 0.3) is 21.3 Å². The number of hydrogen-bond donors (Lipinski definition) is 2. The van der Waals surface area contributed by atoms with E-state index in [0.29, 0.717) is 36.9 Å². The van der Waals surface area contributed by atoms with E-state index in [-0.39, 0.29) is 11.7 Å². The summed E-state index contributed by atoms with van der Waals surface area (Å²) >= 11 is 1.51. The predicted molar refractivity (Wildman–Crippen MR) is 126 cm³/mol. The fourth-order valence-electron chi connectivity index (χ4n) is 3.89. The summed E-state index contributed by atoms with van der Waals surface area (Å²) in [5.74, 6) is 0.649. The zero-order valence-electron chi connectivity index (χ0n) is 18.6. The van der Waals surface area contributed by atoms with Gasteiger partial charge in [0.25, 0.3) is 5.56 Å². The van der Waals surface area contributed by atoms with Crippen LogP contribution in [-0.4, -0.2) is 51.4 Å². The van der Waals surface area contributed by atoms with Gasteiger partial charge in [0.05, 0.1) is 30.7 Å². The van der Waals surface area contributed by atoms with Gasteiger partial charge in [-0.1, -0.05) is 23.8 Å². The van der Waals surface area contributed by atoms with E-state index in [1.54, 1.807) is 0 Å². The number of fused-ring (bicyclic) bond motifs is 1. The SMILES string of the molecule is Cc1ccc(C)c(-c2csc3nc(CN(C[C@H](O)COC(C)C)C4CC4)[nH]c(=O)c23)c1. The van der Waals surface area contributed by atoms with Crippen molar-refractivity contribution in [3.05, 3.63) is 50.9 Å². The Hall–Kier alpha value is -2.06. The molecule has 31 heavy (non-hydrogen) atoms. The molecule has 1 fully saturated rings. The summed E-state index contributed by atoms with van der Waals surface area (Å²) in [6.45, 7) is 9.39. The van der Waals surface area contributed by atoms with Crippen LogP contribution in [0.15, 0.2) is 28.4 Å². The van der Waals surface area contributed by atoms with Crippen LogP contribution in [0.5, 0.6) is 0 Å². The molecule has 7 heteroatoms. The maximum absolute atomic E-state index is 13.0. The lowest BCUT2D eigenvalue weighted by atomic mass is 9.99. The minimum Gasteiger partial charge on any atom is -0.389 e. The quantitative estimate of drug-likeness (QED) is 0.524. The molecule has 1 aliphatic carbocycles. The van der Waals surface area contributed by atoms with E-state index in [1.807, 2.05) is 19.2 Å². The molecule has 0 aliphatic heterocycles.